The number of aromatic nitrogens is 3. The summed E-state index contributed by atoms with van der Waals surface area (Å²) in [6.45, 7) is 1.34. The smallest absolute Gasteiger partial charge is 0.276 e. The average molecular weight is 267 g/mol. The molecular formula is C11H17N5O3. The van der Waals surface area contributed by atoms with E-state index in [9.17, 15) is 4.79 Å². The molecule has 8 nitrogen and oxygen atoms in total. The topological polar surface area (TPSA) is 131 Å². The highest BCUT2D eigenvalue weighted by molar-refractivity contribution is 5.78. The van der Waals surface area contributed by atoms with Crippen LogP contribution in [0.5, 0.6) is 0 Å². The highest BCUT2D eigenvalue weighted by atomic mass is 16.3. The Morgan fingerprint density at radius 2 is 2.00 bits per heavy atom. The number of nitrogen functional groups attached to an aromatic ring is 1. The monoisotopic (exact) mass is 267 g/mol. The van der Waals surface area contributed by atoms with Gasteiger partial charge in [0.15, 0.2) is 0 Å². The van der Waals surface area contributed by atoms with E-state index >= 15 is 0 Å². The van der Waals surface area contributed by atoms with Crippen molar-refractivity contribution in [3.63, 3.8) is 0 Å². The zero-order valence-corrected chi connectivity index (χ0v) is 10.4. The third kappa shape index (κ3) is 2.92. The maximum Gasteiger partial charge on any atom is 0.276 e. The molecule has 19 heavy (non-hydrogen) atoms. The molecule has 2 aromatic rings. The second-order valence-corrected chi connectivity index (χ2v) is 4.21. The Labute approximate surface area is 108 Å². The summed E-state index contributed by atoms with van der Waals surface area (Å²) in [5.41, 5.74) is 6.90. The van der Waals surface area contributed by atoms with Gasteiger partial charge in [0.1, 0.15) is 11.0 Å². The van der Waals surface area contributed by atoms with Crippen molar-refractivity contribution in [3.05, 3.63) is 22.1 Å². The summed E-state index contributed by atoms with van der Waals surface area (Å²) < 4.78 is 0. The Balaban J connectivity index is 2.32. The lowest BCUT2D eigenvalue weighted by Crippen LogP contribution is -2.29. The molecule has 104 valence electrons. The molecule has 0 aromatic carbocycles. The molecule has 6 N–H and O–H groups in total. The molecule has 0 aliphatic carbocycles. The minimum absolute atomic E-state index is 0.00148. The molecule has 0 bridgehead atoms. The fourth-order valence-electron chi connectivity index (χ4n) is 2.00. The van der Waals surface area contributed by atoms with E-state index < -0.39 is 0 Å². The molecule has 0 radical (unpaired) electrons. The van der Waals surface area contributed by atoms with Crippen LogP contribution in [0.3, 0.4) is 0 Å². The zero-order chi connectivity index (χ0) is 13.8. The lowest BCUT2D eigenvalue weighted by atomic mass is 10.2. The zero-order valence-electron chi connectivity index (χ0n) is 10.4. The van der Waals surface area contributed by atoms with Crippen LogP contribution in [0.25, 0.3) is 11.0 Å². The second kappa shape index (κ2) is 5.83. The summed E-state index contributed by atoms with van der Waals surface area (Å²) in [7, 11) is 0. The maximum absolute atomic E-state index is 11.6. The molecule has 0 aliphatic heterocycles. The normalized spacial score (nSPS) is 11.5. The Hall–Kier alpha value is -1.90. The highest BCUT2D eigenvalue weighted by Crippen LogP contribution is 2.15. The first-order chi connectivity index (χ1) is 9.15. The number of nitrogens with zero attached hydrogens (tertiary/aromatic N) is 2. The van der Waals surface area contributed by atoms with E-state index in [-0.39, 0.29) is 24.7 Å². The summed E-state index contributed by atoms with van der Waals surface area (Å²) in [6.07, 6.45) is 1.69. The van der Waals surface area contributed by atoms with Crippen LogP contribution in [-0.2, 0) is 6.54 Å². The fourth-order valence-corrected chi connectivity index (χ4v) is 2.00. The molecule has 8 heteroatoms. The number of anilines is 1. The largest absolute Gasteiger partial charge is 0.395 e. The lowest BCUT2D eigenvalue weighted by molar-refractivity contribution is 0.156. The molecule has 0 saturated heterocycles. The van der Waals surface area contributed by atoms with Crippen LogP contribution in [-0.4, -0.2) is 56.4 Å². The Morgan fingerprint density at radius 1 is 1.32 bits per heavy atom. The van der Waals surface area contributed by atoms with Gasteiger partial charge < -0.3 is 20.9 Å². The van der Waals surface area contributed by atoms with Gasteiger partial charge in [0.05, 0.1) is 13.2 Å². The number of aliphatic hydroxyl groups excluding tert-OH is 2. The average Bonchev–Trinajstić information content (AvgIpc) is 2.73. The molecule has 0 unspecified atom stereocenters. The molecular weight excluding hydrogens is 250 g/mol. The fraction of sp³-hybridized carbons (Fsp3) is 0.455. The van der Waals surface area contributed by atoms with Crippen LogP contribution in [0.4, 0.5) is 5.95 Å². The summed E-state index contributed by atoms with van der Waals surface area (Å²) in [5, 5.41) is 17.9. The summed E-state index contributed by atoms with van der Waals surface area (Å²) in [4.78, 5) is 22.9. The Bertz CT molecular complexity index is 600. The number of rotatable bonds is 6. The van der Waals surface area contributed by atoms with Crippen molar-refractivity contribution in [1.82, 2.24) is 19.9 Å². The molecule has 0 amide bonds. The van der Waals surface area contributed by atoms with Crippen molar-refractivity contribution in [3.8, 4) is 0 Å². The third-order valence-electron chi connectivity index (χ3n) is 2.86. The van der Waals surface area contributed by atoms with Crippen LogP contribution in [0.2, 0.25) is 0 Å². The van der Waals surface area contributed by atoms with Gasteiger partial charge in [0.2, 0.25) is 5.95 Å². The van der Waals surface area contributed by atoms with E-state index in [2.05, 4.69) is 15.0 Å². The van der Waals surface area contributed by atoms with Crippen molar-refractivity contribution in [2.45, 2.75) is 6.54 Å². The van der Waals surface area contributed by atoms with Gasteiger partial charge in [-0.25, -0.2) is 4.98 Å². The standard InChI is InChI=1S/C11H17N5O3/c12-11-14-8-7(5-13-9(8)10(19)15-11)6-16(1-3-17)2-4-18/h5,13,17-18H,1-4,6H2,(H3,12,14,15,19). The number of aliphatic hydroxyl groups is 2. The Kier molecular flexibility index (Phi) is 4.15. The molecule has 0 aliphatic rings. The van der Waals surface area contributed by atoms with Crippen LogP contribution in [0.1, 0.15) is 5.56 Å². The molecule has 0 atom stereocenters. The quantitative estimate of drug-likeness (QED) is 0.438. The van der Waals surface area contributed by atoms with E-state index in [0.29, 0.717) is 30.7 Å². The van der Waals surface area contributed by atoms with Crippen molar-refractivity contribution in [2.24, 2.45) is 0 Å². The Morgan fingerprint density at radius 3 is 2.63 bits per heavy atom. The van der Waals surface area contributed by atoms with Gasteiger partial charge in [-0.1, -0.05) is 0 Å². The van der Waals surface area contributed by atoms with Gasteiger partial charge >= 0.3 is 0 Å². The maximum atomic E-state index is 11.6. The van der Waals surface area contributed by atoms with E-state index in [0.717, 1.165) is 5.56 Å². The summed E-state index contributed by atoms with van der Waals surface area (Å²) in [5.74, 6) is 0.0641. The number of nitrogens with one attached hydrogen (secondary N) is 2. The van der Waals surface area contributed by atoms with E-state index in [4.69, 9.17) is 15.9 Å². The summed E-state index contributed by atoms with van der Waals surface area (Å²) in [6, 6.07) is 0. The molecule has 2 rings (SSSR count). The van der Waals surface area contributed by atoms with Crippen LogP contribution >= 0.6 is 0 Å². The summed E-state index contributed by atoms with van der Waals surface area (Å²) >= 11 is 0. The number of fused-ring (bicyclic) bond motifs is 1. The SMILES string of the molecule is Nc1nc2c(CN(CCO)CCO)c[nH]c2c(=O)[nH]1. The predicted molar refractivity (Wildman–Crippen MR) is 70.6 cm³/mol. The van der Waals surface area contributed by atoms with Crippen molar-refractivity contribution in [2.75, 3.05) is 32.0 Å². The van der Waals surface area contributed by atoms with Gasteiger partial charge in [0, 0.05) is 31.4 Å². The van der Waals surface area contributed by atoms with Crippen molar-refractivity contribution >= 4 is 17.0 Å². The minimum Gasteiger partial charge on any atom is -0.395 e. The third-order valence-corrected chi connectivity index (χ3v) is 2.86. The van der Waals surface area contributed by atoms with Gasteiger partial charge in [-0.3, -0.25) is 14.7 Å². The van der Waals surface area contributed by atoms with Crippen LogP contribution in [0, 0.1) is 0 Å². The number of hydrogen-bond donors (Lipinski definition) is 5. The van der Waals surface area contributed by atoms with Gasteiger partial charge in [-0.2, -0.15) is 0 Å². The van der Waals surface area contributed by atoms with E-state index in [1.54, 1.807) is 6.20 Å². The first kappa shape index (κ1) is 13.5. The number of H-pyrrole nitrogens is 2. The van der Waals surface area contributed by atoms with Gasteiger partial charge in [-0.05, 0) is 0 Å². The minimum atomic E-state index is -0.315. The number of nitrogens with two attached hydrogens (primary N) is 1. The first-order valence-electron chi connectivity index (χ1n) is 5.95. The first-order valence-corrected chi connectivity index (χ1v) is 5.95. The highest BCUT2D eigenvalue weighted by Gasteiger charge is 2.12. The molecule has 2 heterocycles. The number of hydrogen-bond acceptors (Lipinski definition) is 6. The lowest BCUT2D eigenvalue weighted by Gasteiger charge is -2.19. The van der Waals surface area contributed by atoms with Crippen LogP contribution < -0.4 is 11.3 Å². The van der Waals surface area contributed by atoms with E-state index in [1.807, 2.05) is 4.90 Å². The van der Waals surface area contributed by atoms with Gasteiger partial charge in [0.25, 0.3) is 5.56 Å². The molecule has 2 aromatic heterocycles. The van der Waals surface area contributed by atoms with E-state index in [1.165, 1.54) is 0 Å². The van der Waals surface area contributed by atoms with Crippen molar-refractivity contribution < 1.29 is 10.2 Å². The predicted octanol–water partition coefficient (Wildman–Crippen LogP) is -1.38. The molecule has 0 saturated carbocycles. The van der Waals surface area contributed by atoms with Gasteiger partial charge in [-0.15, -0.1) is 0 Å². The second-order valence-electron chi connectivity index (χ2n) is 4.21. The van der Waals surface area contributed by atoms with Crippen LogP contribution in [0.15, 0.2) is 11.0 Å². The van der Waals surface area contributed by atoms with Crippen molar-refractivity contribution in [1.29, 1.82) is 0 Å². The number of aromatic amines is 2. The molecule has 0 spiro atoms. The molecule has 0 fully saturated rings.